The molecule has 1 amide bonds. The van der Waals surface area contributed by atoms with Gasteiger partial charge in [-0.3, -0.25) is 4.79 Å². The molecule has 0 fully saturated rings. The van der Waals surface area contributed by atoms with Crippen molar-refractivity contribution >= 4 is 34.1 Å². The Bertz CT molecular complexity index is 813. The van der Waals surface area contributed by atoms with Crippen LogP contribution in [0.3, 0.4) is 0 Å². The third kappa shape index (κ3) is 2.76. The van der Waals surface area contributed by atoms with Crippen molar-refractivity contribution in [2.24, 2.45) is 0 Å². The Morgan fingerprint density at radius 1 is 1.14 bits per heavy atom. The first-order valence-corrected chi connectivity index (χ1v) is 6.81. The molecule has 0 aliphatic carbocycles. The van der Waals surface area contributed by atoms with E-state index < -0.39 is 0 Å². The number of halogens is 2. The predicted molar refractivity (Wildman–Crippen MR) is 82.0 cm³/mol. The molecule has 3 nitrogen and oxygen atoms in total. The lowest BCUT2D eigenvalue weighted by atomic mass is 10.2. The highest BCUT2D eigenvalue weighted by atomic mass is 35.5. The van der Waals surface area contributed by atoms with E-state index in [1.54, 1.807) is 53.2 Å². The fourth-order valence-electron chi connectivity index (χ4n) is 2.23. The Morgan fingerprint density at radius 3 is 2.76 bits per heavy atom. The van der Waals surface area contributed by atoms with Crippen LogP contribution in [0.4, 0.5) is 10.1 Å². The molecular formula is C16H12ClFN2O. The number of anilines is 1. The molecule has 2 aromatic carbocycles. The van der Waals surface area contributed by atoms with E-state index in [1.807, 2.05) is 0 Å². The first kappa shape index (κ1) is 13.6. The summed E-state index contributed by atoms with van der Waals surface area (Å²) in [7, 11) is 0. The van der Waals surface area contributed by atoms with Crippen LogP contribution in [-0.4, -0.2) is 10.5 Å². The largest absolute Gasteiger partial charge is 0.338 e. The van der Waals surface area contributed by atoms with Crippen LogP contribution >= 0.6 is 11.6 Å². The van der Waals surface area contributed by atoms with E-state index in [-0.39, 0.29) is 18.3 Å². The van der Waals surface area contributed by atoms with Gasteiger partial charge in [0.15, 0.2) is 0 Å². The second kappa shape index (κ2) is 5.58. The van der Waals surface area contributed by atoms with Crippen LogP contribution in [0.1, 0.15) is 0 Å². The number of carbonyl (C=O) groups excluding carboxylic acids is 1. The van der Waals surface area contributed by atoms with E-state index in [2.05, 4.69) is 5.32 Å². The van der Waals surface area contributed by atoms with E-state index in [0.717, 1.165) is 0 Å². The van der Waals surface area contributed by atoms with Gasteiger partial charge < -0.3 is 9.88 Å². The maximum Gasteiger partial charge on any atom is 0.244 e. The molecule has 0 radical (unpaired) electrons. The molecule has 0 saturated heterocycles. The number of nitrogens with zero attached hydrogens (tertiary/aromatic N) is 1. The summed E-state index contributed by atoms with van der Waals surface area (Å²) in [5, 5.41) is 3.73. The monoisotopic (exact) mass is 302 g/mol. The topological polar surface area (TPSA) is 34.0 Å². The Labute approximate surface area is 125 Å². The van der Waals surface area contributed by atoms with Gasteiger partial charge in [-0.05, 0) is 30.3 Å². The smallest absolute Gasteiger partial charge is 0.244 e. The number of amides is 1. The van der Waals surface area contributed by atoms with Gasteiger partial charge in [0.25, 0.3) is 0 Å². The molecule has 1 N–H and O–H groups in total. The van der Waals surface area contributed by atoms with E-state index in [1.165, 1.54) is 6.07 Å². The Kier molecular flexibility index (Phi) is 3.62. The molecule has 3 aromatic rings. The van der Waals surface area contributed by atoms with Crippen LogP contribution in [0.5, 0.6) is 0 Å². The number of benzene rings is 2. The second-order valence-corrected chi connectivity index (χ2v) is 5.05. The molecule has 21 heavy (non-hydrogen) atoms. The molecule has 1 aromatic heterocycles. The molecule has 0 saturated carbocycles. The number of fused-ring (bicyclic) bond motifs is 1. The third-order valence-electron chi connectivity index (χ3n) is 3.22. The summed E-state index contributed by atoms with van der Waals surface area (Å²) in [6, 6.07) is 13.5. The second-order valence-electron chi connectivity index (χ2n) is 4.64. The molecule has 1 heterocycles. The highest BCUT2D eigenvalue weighted by Crippen LogP contribution is 2.21. The van der Waals surface area contributed by atoms with Crippen LogP contribution < -0.4 is 5.32 Å². The van der Waals surface area contributed by atoms with Crippen molar-refractivity contribution in [3.63, 3.8) is 0 Å². The molecule has 0 aliphatic heterocycles. The summed E-state index contributed by atoms with van der Waals surface area (Å²) in [6.07, 6.45) is 1.69. The molecule has 0 aliphatic rings. The van der Waals surface area contributed by atoms with Crippen LogP contribution in [-0.2, 0) is 11.3 Å². The SMILES string of the molecule is O=C(Cn1ccc2c(F)cccc21)Nc1ccccc1Cl. The lowest BCUT2D eigenvalue weighted by Gasteiger charge is -2.08. The lowest BCUT2D eigenvalue weighted by molar-refractivity contribution is -0.116. The third-order valence-corrected chi connectivity index (χ3v) is 3.55. The Balaban J connectivity index is 1.81. The van der Waals surface area contributed by atoms with Gasteiger partial charge in [-0.2, -0.15) is 0 Å². The van der Waals surface area contributed by atoms with Crippen molar-refractivity contribution in [2.75, 3.05) is 5.32 Å². The molecule has 0 bridgehead atoms. The minimum absolute atomic E-state index is 0.0954. The van der Waals surface area contributed by atoms with Crippen LogP contribution in [0.25, 0.3) is 10.9 Å². The summed E-state index contributed by atoms with van der Waals surface area (Å²) in [6.45, 7) is 0.0954. The molecule has 3 rings (SSSR count). The van der Waals surface area contributed by atoms with Gasteiger partial charge in [-0.25, -0.2) is 4.39 Å². The fourth-order valence-corrected chi connectivity index (χ4v) is 2.41. The average Bonchev–Trinajstić information content (AvgIpc) is 2.86. The van der Waals surface area contributed by atoms with Crippen LogP contribution in [0.2, 0.25) is 5.02 Å². The summed E-state index contributed by atoms with van der Waals surface area (Å²) in [5.74, 6) is -0.511. The normalized spacial score (nSPS) is 10.8. The van der Waals surface area contributed by atoms with E-state index in [9.17, 15) is 9.18 Å². The Hall–Kier alpha value is -2.33. The first-order chi connectivity index (χ1) is 10.1. The van der Waals surface area contributed by atoms with E-state index in [4.69, 9.17) is 11.6 Å². The molecule has 0 spiro atoms. The fraction of sp³-hybridized carbons (Fsp3) is 0.0625. The number of hydrogen-bond acceptors (Lipinski definition) is 1. The number of nitrogens with one attached hydrogen (secondary N) is 1. The van der Waals surface area contributed by atoms with Gasteiger partial charge in [-0.15, -0.1) is 0 Å². The molecule has 106 valence electrons. The number of para-hydroxylation sites is 1. The zero-order chi connectivity index (χ0) is 14.8. The van der Waals surface area contributed by atoms with Crippen LogP contribution in [0, 0.1) is 5.82 Å². The number of aromatic nitrogens is 1. The van der Waals surface area contributed by atoms with Crippen molar-refractivity contribution in [3.8, 4) is 0 Å². The minimum Gasteiger partial charge on any atom is -0.338 e. The van der Waals surface area contributed by atoms with Gasteiger partial charge in [0.05, 0.1) is 16.2 Å². The quantitative estimate of drug-likeness (QED) is 0.777. The average molecular weight is 303 g/mol. The number of carbonyl (C=O) groups is 1. The van der Waals surface area contributed by atoms with Gasteiger partial charge in [0, 0.05) is 11.6 Å². The zero-order valence-electron chi connectivity index (χ0n) is 11.0. The standard InChI is InChI=1S/C16H12ClFN2O/c17-12-4-1-2-6-14(12)19-16(21)10-20-9-8-11-13(18)5-3-7-15(11)20/h1-9H,10H2,(H,19,21). The molecule has 0 unspecified atom stereocenters. The first-order valence-electron chi connectivity index (χ1n) is 6.43. The predicted octanol–water partition coefficient (Wildman–Crippen LogP) is 4.07. The summed E-state index contributed by atoms with van der Waals surface area (Å²) in [4.78, 5) is 12.1. The highest BCUT2D eigenvalue weighted by molar-refractivity contribution is 6.33. The van der Waals surface area contributed by atoms with Crippen LogP contribution in [0.15, 0.2) is 54.7 Å². The minimum atomic E-state index is -0.294. The van der Waals surface area contributed by atoms with Gasteiger partial charge in [-0.1, -0.05) is 29.8 Å². The summed E-state index contributed by atoms with van der Waals surface area (Å²) in [5.41, 5.74) is 1.25. The van der Waals surface area contributed by atoms with Gasteiger partial charge in [0.2, 0.25) is 5.91 Å². The number of hydrogen-bond donors (Lipinski definition) is 1. The molecule has 5 heteroatoms. The zero-order valence-corrected chi connectivity index (χ0v) is 11.8. The van der Waals surface area contributed by atoms with E-state index in [0.29, 0.717) is 21.6 Å². The van der Waals surface area contributed by atoms with Crippen molar-refractivity contribution in [1.29, 1.82) is 0 Å². The number of rotatable bonds is 3. The van der Waals surface area contributed by atoms with Gasteiger partial charge >= 0.3 is 0 Å². The van der Waals surface area contributed by atoms with Crippen molar-refractivity contribution in [3.05, 3.63) is 65.6 Å². The maximum absolute atomic E-state index is 13.6. The summed E-state index contributed by atoms with van der Waals surface area (Å²) < 4.78 is 15.3. The lowest BCUT2D eigenvalue weighted by Crippen LogP contribution is -2.18. The van der Waals surface area contributed by atoms with Crippen molar-refractivity contribution < 1.29 is 9.18 Å². The Morgan fingerprint density at radius 2 is 1.95 bits per heavy atom. The van der Waals surface area contributed by atoms with Crippen molar-refractivity contribution in [2.45, 2.75) is 6.54 Å². The van der Waals surface area contributed by atoms with E-state index >= 15 is 0 Å². The maximum atomic E-state index is 13.6. The molecule has 0 atom stereocenters. The van der Waals surface area contributed by atoms with Gasteiger partial charge in [0.1, 0.15) is 12.4 Å². The highest BCUT2D eigenvalue weighted by Gasteiger charge is 2.09. The van der Waals surface area contributed by atoms with Crippen molar-refractivity contribution in [1.82, 2.24) is 4.57 Å². The summed E-state index contributed by atoms with van der Waals surface area (Å²) >= 11 is 5.99. The molecular weight excluding hydrogens is 291 g/mol.